The zero-order valence-electron chi connectivity index (χ0n) is 5.59. The van der Waals surface area contributed by atoms with Crippen molar-refractivity contribution < 1.29 is 14.8 Å². The summed E-state index contributed by atoms with van der Waals surface area (Å²) >= 11 is 0. The van der Waals surface area contributed by atoms with Gasteiger partial charge in [-0.25, -0.2) is 0 Å². The Bertz CT molecular complexity index is 62.8. The molecule has 0 aliphatic heterocycles. The number of carbonyl (C=O) groups excluding carboxylic acids is 1. The first kappa shape index (κ1) is 11.3. The van der Waals surface area contributed by atoms with Gasteiger partial charge in [-0.3, -0.25) is 4.79 Å². The molecule has 0 aliphatic carbocycles. The van der Waals surface area contributed by atoms with Gasteiger partial charge in [-0.2, -0.15) is 0 Å². The highest BCUT2D eigenvalue weighted by Crippen LogP contribution is 1.68. The molecule has 0 atom stereocenters. The molecule has 0 heterocycles. The lowest BCUT2D eigenvalue weighted by atomic mass is 10.5. The van der Waals surface area contributed by atoms with Crippen molar-refractivity contribution in [3.05, 3.63) is 0 Å². The maximum Gasteiger partial charge on any atom is 0.482 e. The summed E-state index contributed by atoms with van der Waals surface area (Å²) in [4.78, 5) is 10.1. The van der Waals surface area contributed by atoms with Crippen molar-refractivity contribution >= 4 is 13.6 Å². The summed E-state index contributed by atoms with van der Waals surface area (Å²) in [6, 6.07) is 0. The fourth-order valence-corrected chi connectivity index (χ4v) is 0.177. The van der Waals surface area contributed by atoms with Crippen LogP contribution in [0.15, 0.2) is 0 Å². The molecule has 5 heteroatoms. The van der Waals surface area contributed by atoms with Crippen LogP contribution in [0.4, 0.5) is 0 Å². The van der Waals surface area contributed by atoms with E-state index >= 15 is 0 Å². The van der Waals surface area contributed by atoms with Crippen LogP contribution in [0.3, 0.4) is 0 Å². The standard InChI is InChI=1S/C4H9NO.BH2O2/c1-3-4(6)5-2;2-1-3/h3H2,1-2H3,(H,5,6);2-3H. The first-order valence-electron chi connectivity index (χ1n) is 2.53. The van der Waals surface area contributed by atoms with E-state index in [1.165, 1.54) is 0 Å². The highest BCUT2D eigenvalue weighted by molar-refractivity contribution is 6.13. The maximum absolute atomic E-state index is 10.1. The van der Waals surface area contributed by atoms with Gasteiger partial charge in [0.05, 0.1) is 0 Å². The number of carbonyl (C=O) groups is 1. The van der Waals surface area contributed by atoms with Gasteiger partial charge in [-0.1, -0.05) is 6.92 Å². The molecule has 1 radical (unpaired) electrons. The zero-order valence-corrected chi connectivity index (χ0v) is 5.59. The van der Waals surface area contributed by atoms with E-state index in [0.717, 1.165) is 0 Å². The van der Waals surface area contributed by atoms with Crippen LogP contribution in [0, 0.1) is 0 Å². The van der Waals surface area contributed by atoms with E-state index in [2.05, 4.69) is 5.32 Å². The average molecular weight is 132 g/mol. The lowest BCUT2D eigenvalue weighted by Crippen LogP contribution is -2.15. The van der Waals surface area contributed by atoms with E-state index in [1.807, 2.05) is 6.92 Å². The molecule has 0 spiro atoms. The van der Waals surface area contributed by atoms with Crippen molar-refractivity contribution in [3.8, 4) is 0 Å². The highest BCUT2D eigenvalue weighted by atomic mass is 16.4. The normalized spacial score (nSPS) is 6.67. The summed E-state index contributed by atoms with van der Waals surface area (Å²) in [5.74, 6) is 0.0926. The number of rotatable bonds is 1. The van der Waals surface area contributed by atoms with Gasteiger partial charge in [0, 0.05) is 13.5 Å². The predicted molar refractivity (Wildman–Crippen MR) is 34.5 cm³/mol. The van der Waals surface area contributed by atoms with Crippen LogP contribution in [-0.4, -0.2) is 30.7 Å². The molecule has 0 aromatic carbocycles. The average Bonchev–Trinajstić information content (AvgIpc) is 1.88. The molecule has 0 saturated carbocycles. The third kappa shape index (κ3) is 18.6. The SMILES string of the molecule is CCC(=O)NC.O[B]O. The minimum Gasteiger partial charge on any atom is -0.429 e. The lowest BCUT2D eigenvalue weighted by molar-refractivity contribution is -0.120. The molecule has 9 heavy (non-hydrogen) atoms. The van der Waals surface area contributed by atoms with Crippen molar-refractivity contribution in [2.75, 3.05) is 7.05 Å². The smallest absolute Gasteiger partial charge is 0.429 e. The molecule has 0 bridgehead atoms. The molecule has 0 aliphatic rings. The van der Waals surface area contributed by atoms with Crippen LogP contribution in [0.5, 0.6) is 0 Å². The van der Waals surface area contributed by atoms with Crippen LogP contribution < -0.4 is 5.32 Å². The third-order valence-electron chi connectivity index (χ3n) is 0.600. The Morgan fingerprint density at radius 2 is 2.00 bits per heavy atom. The number of amides is 1. The van der Waals surface area contributed by atoms with Crippen molar-refractivity contribution in [2.24, 2.45) is 0 Å². The van der Waals surface area contributed by atoms with Crippen LogP contribution in [0.2, 0.25) is 0 Å². The zero-order chi connectivity index (χ0) is 7.70. The molecule has 0 rings (SSSR count). The Balaban J connectivity index is 0. The van der Waals surface area contributed by atoms with Crippen molar-refractivity contribution in [1.29, 1.82) is 0 Å². The van der Waals surface area contributed by atoms with Crippen molar-refractivity contribution in [2.45, 2.75) is 13.3 Å². The van der Waals surface area contributed by atoms with Crippen LogP contribution in [-0.2, 0) is 4.79 Å². The predicted octanol–water partition coefficient (Wildman–Crippen LogP) is -1.35. The fraction of sp³-hybridized carbons (Fsp3) is 0.750. The third-order valence-corrected chi connectivity index (χ3v) is 0.600. The van der Waals surface area contributed by atoms with E-state index in [9.17, 15) is 4.79 Å². The van der Waals surface area contributed by atoms with Gasteiger partial charge in [-0.15, -0.1) is 0 Å². The van der Waals surface area contributed by atoms with Crippen molar-refractivity contribution in [3.63, 3.8) is 0 Å². The van der Waals surface area contributed by atoms with Crippen LogP contribution in [0.25, 0.3) is 0 Å². The van der Waals surface area contributed by atoms with Gasteiger partial charge in [0.2, 0.25) is 5.91 Å². The Morgan fingerprint density at radius 1 is 1.67 bits per heavy atom. The van der Waals surface area contributed by atoms with Gasteiger partial charge in [0.25, 0.3) is 0 Å². The molecule has 0 aromatic heterocycles. The Morgan fingerprint density at radius 3 is 2.00 bits per heavy atom. The van der Waals surface area contributed by atoms with E-state index in [0.29, 0.717) is 6.42 Å². The molecule has 3 N–H and O–H groups in total. The van der Waals surface area contributed by atoms with Crippen molar-refractivity contribution in [1.82, 2.24) is 5.32 Å². The maximum atomic E-state index is 10.1. The van der Waals surface area contributed by atoms with Crippen LogP contribution in [0.1, 0.15) is 13.3 Å². The topological polar surface area (TPSA) is 69.6 Å². The Kier molecular flexibility index (Phi) is 13.1. The number of hydrogen-bond acceptors (Lipinski definition) is 3. The molecule has 1 amide bonds. The first-order valence-corrected chi connectivity index (χ1v) is 2.53. The molecule has 0 aromatic rings. The minimum atomic E-state index is 0. The Labute approximate surface area is 55.2 Å². The molecular weight excluding hydrogens is 121 g/mol. The largest absolute Gasteiger partial charge is 0.482 e. The number of hydrogen-bond donors (Lipinski definition) is 3. The minimum absolute atomic E-state index is 0. The second kappa shape index (κ2) is 10.4. The van der Waals surface area contributed by atoms with Gasteiger partial charge >= 0.3 is 7.69 Å². The quantitative estimate of drug-likeness (QED) is 0.386. The molecule has 0 fully saturated rings. The van der Waals surface area contributed by atoms with Crippen LogP contribution >= 0.6 is 0 Å². The summed E-state index contributed by atoms with van der Waals surface area (Å²) in [7, 11) is 1.63. The monoisotopic (exact) mass is 132 g/mol. The second-order valence-electron chi connectivity index (χ2n) is 1.14. The summed E-state index contributed by atoms with van der Waals surface area (Å²) < 4.78 is 0. The molecule has 4 nitrogen and oxygen atoms in total. The van der Waals surface area contributed by atoms with E-state index in [4.69, 9.17) is 10.0 Å². The summed E-state index contributed by atoms with van der Waals surface area (Å²) in [5, 5.41) is 16.5. The van der Waals surface area contributed by atoms with E-state index in [1.54, 1.807) is 7.05 Å². The molecular formula is C4H11BNO3. The Hall–Kier alpha value is -0.545. The van der Waals surface area contributed by atoms with Gasteiger partial charge in [-0.05, 0) is 0 Å². The second-order valence-corrected chi connectivity index (χ2v) is 1.14. The van der Waals surface area contributed by atoms with E-state index in [-0.39, 0.29) is 13.6 Å². The highest BCUT2D eigenvalue weighted by Gasteiger charge is 1.84. The van der Waals surface area contributed by atoms with Gasteiger partial charge in [0.1, 0.15) is 0 Å². The molecule has 0 unspecified atom stereocenters. The summed E-state index contributed by atoms with van der Waals surface area (Å²) in [5.41, 5.74) is 0. The first-order chi connectivity index (χ1) is 4.22. The van der Waals surface area contributed by atoms with Gasteiger partial charge in [0.15, 0.2) is 0 Å². The lowest BCUT2D eigenvalue weighted by Gasteiger charge is -1.87. The molecule has 0 saturated heterocycles. The van der Waals surface area contributed by atoms with Gasteiger partial charge < -0.3 is 15.4 Å². The summed E-state index contributed by atoms with van der Waals surface area (Å²) in [6.07, 6.45) is 0.580. The van der Waals surface area contributed by atoms with E-state index < -0.39 is 0 Å². The molecule has 53 valence electrons. The fourth-order valence-electron chi connectivity index (χ4n) is 0.177. The summed E-state index contributed by atoms with van der Waals surface area (Å²) in [6.45, 7) is 1.82. The number of nitrogens with one attached hydrogen (secondary N) is 1.